The first-order valence-corrected chi connectivity index (χ1v) is 9.61. The summed E-state index contributed by atoms with van der Waals surface area (Å²) in [6.07, 6.45) is 0.181. The predicted octanol–water partition coefficient (Wildman–Crippen LogP) is -0.659. The smallest absolute Gasteiger partial charge is 0.326 e. The second kappa shape index (κ2) is 11.0. The SMILES string of the molecule is CC(O)[C@H](NC(=O)N[C@@H](Cc1ccc(O)cc1)C(=O)O)c1nc([C@@H](N)C/C(N)=C/N)no1. The van der Waals surface area contributed by atoms with Crippen molar-refractivity contribution in [2.45, 2.75) is 44.0 Å². The van der Waals surface area contributed by atoms with Gasteiger partial charge in [0.15, 0.2) is 5.82 Å². The summed E-state index contributed by atoms with van der Waals surface area (Å²) in [5.74, 6) is -1.26. The number of nitrogens with one attached hydrogen (secondary N) is 2. The molecule has 2 amide bonds. The highest BCUT2D eigenvalue weighted by Crippen LogP contribution is 2.19. The van der Waals surface area contributed by atoms with Gasteiger partial charge in [0.1, 0.15) is 17.8 Å². The Bertz CT molecular complexity index is 944. The zero-order valence-corrected chi connectivity index (χ0v) is 17.3. The fourth-order valence-corrected chi connectivity index (χ4v) is 2.74. The van der Waals surface area contributed by atoms with Crippen LogP contribution in [0.2, 0.25) is 0 Å². The summed E-state index contributed by atoms with van der Waals surface area (Å²) < 4.78 is 5.11. The molecule has 2 aromatic rings. The molecule has 0 aliphatic heterocycles. The Kier molecular flexibility index (Phi) is 8.38. The fourth-order valence-electron chi connectivity index (χ4n) is 2.74. The highest BCUT2D eigenvalue weighted by Gasteiger charge is 2.29. The number of aliphatic hydroxyl groups is 1. The molecule has 2 rings (SSSR count). The average Bonchev–Trinajstić information content (AvgIpc) is 3.22. The van der Waals surface area contributed by atoms with Crippen molar-refractivity contribution in [3.63, 3.8) is 0 Å². The number of urea groups is 1. The zero-order chi connectivity index (χ0) is 23.8. The number of hydrogen-bond donors (Lipinski definition) is 8. The highest BCUT2D eigenvalue weighted by atomic mass is 16.5. The number of hydrogen-bond acceptors (Lipinski definition) is 10. The monoisotopic (exact) mass is 449 g/mol. The molecule has 0 fully saturated rings. The van der Waals surface area contributed by atoms with Crippen molar-refractivity contribution in [3.05, 3.63) is 53.4 Å². The number of carbonyl (C=O) groups excluding carboxylic acids is 1. The standard InChI is InChI=1S/C19H27N7O6/c1-9(27)15(17-25-16(26-32-17)13(22)7-11(21)8-20)24-19(31)23-14(18(29)30)6-10-2-4-12(28)5-3-10/h2-5,8-9,13-15,27-28H,6-7,20-22H2,1H3,(H,29,30)(H2,23,24,31)/b11-8-/t9?,13-,14-,15-/m0/s1. The number of rotatable bonds is 10. The normalized spacial score (nSPS) is 15.4. The Morgan fingerprint density at radius 1 is 1.25 bits per heavy atom. The number of phenolic OH excluding ortho intramolecular Hbond substituents is 1. The Hall–Kier alpha value is -3.84. The number of aliphatic hydroxyl groups excluding tert-OH is 1. The summed E-state index contributed by atoms with van der Waals surface area (Å²) in [5.41, 5.74) is 17.8. The molecule has 1 heterocycles. The molecule has 174 valence electrons. The molecule has 4 atom stereocenters. The van der Waals surface area contributed by atoms with Gasteiger partial charge in [0.05, 0.1) is 12.1 Å². The maximum Gasteiger partial charge on any atom is 0.326 e. The lowest BCUT2D eigenvalue weighted by molar-refractivity contribution is -0.139. The van der Waals surface area contributed by atoms with Gasteiger partial charge >= 0.3 is 12.0 Å². The Morgan fingerprint density at radius 2 is 1.91 bits per heavy atom. The number of nitrogens with two attached hydrogens (primary N) is 3. The molecule has 0 radical (unpaired) electrons. The lowest BCUT2D eigenvalue weighted by Crippen LogP contribution is -2.49. The van der Waals surface area contributed by atoms with Crippen molar-refractivity contribution >= 4 is 12.0 Å². The number of aromatic nitrogens is 2. The van der Waals surface area contributed by atoms with E-state index >= 15 is 0 Å². The van der Waals surface area contributed by atoms with Crippen LogP contribution in [0.15, 0.2) is 40.7 Å². The van der Waals surface area contributed by atoms with Gasteiger partial charge in [-0.3, -0.25) is 0 Å². The summed E-state index contributed by atoms with van der Waals surface area (Å²) in [6.45, 7) is 1.38. The first-order chi connectivity index (χ1) is 15.1. The molecule has 0 aliphatic rings. The molecule has 13 heteroatoms. The van der Waals surface area contributed by atoms with E-state index in [2.05, 4.69) is 20.8 Å². The van der Waals surface area contributed by atoms with Gasteiger partial charge in [-0.25, -0.2) is 9.59 Å². The molecule has 1 aromatic heterocycles. The highest BCUT2D eigenvalue weighted by molar-refractivity contribution is 5.83. The first kappa shape index (κ1) is 24.4. The first-order valence-electron chi connectivity index (χ1n) is 9.61. The van der Waals surface area contributed by atoms with E-state index in [1.807, 2.05) is 0 Å². The van der Waals surface area contributed by atoms with Crippen molar-refractivity contribution in [1.29, 1.82) is 0 Å². The van der Waals surface area contributed by atoms with Crippen LogP contribution in [-0.2, 0) is 11.2 Å². The van der Waals surface area contributed by atoms with Crippen molar-refractivity contribution in [3.8, 4) is 5.75 Å². The topological polar surface area (TPSA) is 236 Å². The number of nitrogens with zero attached hydrogens (tertiary/aromatic N) is 2. The molecule has 32 heavy (non-hydrogen) atoms. The van der Waals surface area contributed by atoms with Gasteiger partial charge in [0.2, 0.25) is 0 Å². The Balaban J connectivity index is 2.07. The van der Waals surface area contributed by atoms with Gasteiger partial charge in [0, 0.05) is 24.7 Å². The van der Waals surface area contributed by atoms with E-state index in [0.29, 0.717) is 11.3 Å². The number of amides is 2. The van der Waals surface area contributed by atoms with E-state index in [9.17, 15) is 24.9 Å². The molecule has 0 aliphatic carbocycles. The number of carboxylic acids is 1. The van der Waals surface area contributed by atoms with Crippen molar-refractivity contribution in [1.82, 2.24) is 20.8 Å². The van der Waals surface area contributed by atoms with Crippen molar-refractivity contribution in [2.24, 2.45) is 17.2 Å². The van der Waals surface area contributed by atoms with E-state index in [1.165, 1.54) is 25.3 Å². The third-order valence-electron chi connectivity index (χ3n) is 4.47. The van der Waals surface area contributed by atoms with E-state index in [-0.39, 0.29) is 30.3 Å². The second-order valence-electron chi connectivity index (χ2n) is 7.14. The van der Waals surface area contributed by atoms with Crippen LogP contribution in [0.5, 0.6) is 5.75 Å². The van der Waals surface area contributed by atoms with Crippen LogP contribution in [0.25, 0.3) is 0 Å². The van der Waals surface area contributed by atoms with Gasteiger partial charge in [-0.15, -0.1) is 0 Å². The van der Waals surface area contributed by atoms with Crippen LogP contribution in [0, 0.1) is 0 Å². The van der Waals surface area contributed by atoms with Crippen LogP contribution in [0.4, 0.5) is 4.79 Å². The molecular formula is C19H27N7O6. The van der Waals surface area contributed by atoms with Gasteiger partial charge in [-0.05, 0) is 24.6 Å². The fraction of sp³-hybridized carbons (Fsp3) is 0.368. The lowest BCUT2D eigenvalue weighted by atomic mass is 10.1. The second-order valence-corrected chi connectivity index (χ2v) is 7.14. The maximum atomic E-state index is 12.4. The number of aliphatic carboxylic acids is 1. The van der Waals surface area contributed by atoms with Crippen LogP contribution < -0.4 is 27.8 Å². The number of phenols is 1. The molecule has 0 spiro atoms. The van der Waals surface area contributed by atoms with Gasteiger partial charge in [0.25, 0.3) is 5.89 Å². The molecule has 1 unspecified atom stereocenters. The lowest BCUT2D eigenvalue weighted by Gasteiger charge is -2.20. The number of carbonyl (C=O) groups is 2. The van der Waals surface area contributed by atoms with Crippen LogP contribution in [0.1, 0.15) is 42.7 Å². The minimum atomic E-state index is -1.27. The summed E-state index contributed by atoms with van der Waals surface area (Å²) in [4.78, 5) is 28.1. The summed E-state index contributed by atoms with van der Waals surface area (Å²) in [7, 11) is 0. The molecule has 11 N–H and O–H groups in total. The molecule has 0 saturated carbocycles. The summed E-state index contributed by atoms with van der Waals surface area (Å²) in [6, 6.07) is 1.90. The average molecular weight is 449 g/mol. The minimum Gasteiger partial charge on any atom is -0.508 e. The van der Waals surface area contributed by atoms with Crippen molar-refractivity contribution < 1.29 is 29.4 Å². The number of carboxylic acid groups (broad SMARTS) is 1. The molecule has 0 bridgehead atoms. The van der Waals surface area contributed by atoms with Crippen LogP contribution in [-0.4, -0.2) is 49.6 Å². The molecule has 13 nitrogen and oxygen atoms in total. The molecule has 0 saturated heterocycles. The van der Waals surface area contributed by atoms with Crippen LogP contribution in [0.3, 0.4) is 0 Å². The zero-order valence-electron chi connectivity index (χ0n) is 17.3. The number of benzene rings is 1. The van der Waals surface area contributed by atoms with Crippen molar-refractivity contribution in [2.75, 3.05) is 0 Å². The quantitative estimate of drug-likeness (QED) is 0.226. The predicted molar refractivity (Wildman–Crippen MR) is 112 cm³/mol. The Morgan fingerprint density at radius 3 is 2.47 bits per heavy atom. The van der Waals surface area contributed by atoms with Gasteiger partial charge in [-0.1, -0.05) is 17.3 Å². The molecule has 1 aromatic carbocycles. The van der Waals surface area contributed by atoms with E-state index in [1.54, 1.807) is 12.1 Å². The van der Waals surface area contributed by atoms with Gasteiger partial charge in [-0.2, -0.15) is 4.98 Å². The molecular weight excluding hydrogens is 422 g/mol. The van der Waals surface area contributed by atoms with Gasteiger partial charge < -0.3 is 47.7 Å². The third kappa shape index (κ3) is 6.85. The maximum absolute atomic E-state index is 12.4. The van der Waals surface area contributed by atoms with E-state index < -0.39 is 36.2 Å². The summed E-state index contributed by atoms with van der Waals surface area (Å²) >= 11 is 0. The number of aromatic hydroxyl groups is 1. The largest absolute Gasteiger partial charge is 0.508 e. The Labute approximate surface area is 183 Å². The summed E-state index contributed by atoms with van der Waals surface area (Å²) in [5, 5.41) is 37.3. The van der Waals surface area contributed by atoms with E-state index in [4.69, 9.17) is 21.7 Å². The van der Waals surface area contributed by atoms with Crippen LogP contribution >= 0.6 is 0 Å². The third-order valence-corrected chi connectivity index (χ3v) is 4.47. The van der Waals surface area contributed by atoms with E-state index in [0.717, 1.165) is 0 Å². The minimum absolute atomic E-state index is 0.0297.